The van der Waals surface area contributed by atoms with Crippen LogP contribution >= 0.6 is 0 Å². The number of hydrogen-bond donors (Lipinski definition) is 0. The molecule has 0 aliphatic heterocycles. The van der Waals surface area contributed by atoms with E-state index in [-0.39, 0.29) is 11.3 Å². The van der Waals surface area contributed by atoms with E-state index in [9.17, 15) is 9.59 Å². The molecule has 1 aromatic carbocycles. The minimum atomic E-state index is -0.0865. The first-order valence-electron chi connectivity index (χ1n) is 8.79. The van der Waals surface area contributed by atoms with Gasteiger partial charge in [-0.3, -0.25) is 14.3 Å². The van der Waals surface area contributed by atoms with Crippen LogP contribution in [0, 0.1) is 0 Å². The van der Waals surface area contributed by atoms with Crippen LogP contribution in [0.5, 0.6) is 0 Å². The quantitative estimate of drug-likeness (QED) is 0.720. The third-order valence-corrected chi connectivity index (χ3v) is 4.64. The topological polar surface area (TPSA) is 56.9 Å². The van der Waals surface area contributed by atoms with Crippen LogP contribution in [0.15, 0.2) is 78.0 Å². The fourth-order valence-corrected chi connectivity index (χ4v) is 3.19. The van der Waals surface area contributed by atoms with Gasteiger partial charge in [-0.15, -0.1) is 0 Å². The van der Waals surface area contributed by atoms with E-state index in [1.54, 1.807) is 29.8 Å². The molecule has 1 aliphatic carbocycles. The Morgan fingerprint density at radius 3 is 2.59 bits per heavy atom. The number of aromatic nitrogens is 3. The van der Waals surface area contributed by atoms with Crippen LogP contribution in [0.1, 0.15) is 17.5 Å². The van der Waals surface area contributed by atoms with Gasteiger partial charge in [0.2, 0.25) is 0 Å². The molecule has 5 nitrogen and oxygen atoms in total. The van der Waals surface area contributed by atoms with Crippen molar-refractivity contribution < 1.29 is 4.79 Å². The van der Waals surface area contributed by atoms with Crippen LogP contribution in [0.4, 0.5) is 0 Å². The number of benzene rings is 1. The Morgan fingerprint density at radius 1 is 1.04 bits per heavy atom. The molecular formula is C22H19N3O2. The molecule has 4 rings (SSSR count). The molecule has 0 amide bonds. The Morgan fingerprint density at radius 2 is 1.85 bits per heavy atom. The number of hydrogen-bond acceptors (Lipinski definition) is 3. The van der Waals surface area contributed by atoms with Crippen LogP contribution in [0.2, 0.25) is 0 Å². The molecule has 1 aliphatic rings. The summed E-state index contributed by atoms with van der Waals surface area (Å²) in [5, 5.41) is 4.48. The molecule has 0 saturated heterocycles. The molecular weight excluding hydrogens is 338 g/mol. The highest BCUT2D eigenvalue weighted by atomic mass is 16.1. The number of pyridine rings is 1. The van der Waals surface area contributed by atoms with Gasteiger partial charge in [0.15, 0.2) is 5.78 Å². The largest absolute Gasteiger partial charge is 0.318 e. The fraction of sp³-hybridized carbons (Fsp3) is 0.136. The fourth-order valence-electron chi connectivity index (χ4n) is 3.19. The maximum atomic E-state index is 12.2. The Kier molecular flexibility index (Phi) is 4.42. The number of carbonyl (C=O) groups excluding carboxylic acids is 1. The lowest BCUT2D eigenvalue weighted by molar-refractivity contribution is -0.113. The summed E-state index contributed by atoms with van der Waals surface area (Å²) < 4.78 is 3.44. The Labute approximate surface area is 156 Å². The smallest absolute Gasteiger partial charge is 0.250 e. The number of rotatable bonds is 4. The SMILES string of the molecule is Cn1cc(-c2cnn(Cc3ccccc3)c2)c(C2=CCC(=O)C=C2)cc1=O. The third kappa shape index (κ3) is 3.58. The van der Waals surface area contributed by atoms with Gasteiger partial charge in [0.25, 0.3) is 5.56 Å². The lowest BCUT2D eigenvalue weighted by Gasteiger charge is -2.13. The summed E-state index contributed by atoms with van der Waals surface area (Å²) >= 11 is 0. The van der Waals surface area contributed by atoms with Crippen LogP contribution in [0.3, 0.4) is 0 Å². The number of allylic oxidation sites excluding steroid dienone is 4. The zero-order valence-electron chi connectivity index (χ0n) is 15.0. The first-order chi connectivity index (χ1) is 13.1. The van der Waals surface area contributed by atoms with E-state index in [0.717, 1.165) is 22.3 Å². The van der Waals surface area contributed by atoms with Gasteiger partial charge in [-0.25, -0.2) is 0 Å². The van der Waals surface area contributed by atoms with E-state index < -0.39 is 0 Å². The van der Waals surface area contributed by atoms with Crippen molar-refractivity contribution in [1.82, 2.24) is 14.3 Å². The van der Waals surface area contributed by atoms with Crippen molar-refractivity contribution in [2.45, 2.75) is 13.0 Å². The molecule has 27 heavy (non-hydrogen) atoms. The van der Waals surface area contributed by atoms with Crippen molar-refractivity contribution >= 4 is 11.4 Å². The Balaban J connectivity index is 1.73. The summed E-state index contributed by atoms with van der Waals surface area (Å²) in [6.07, 6.45) is 11.2. The predicted octanol–water partition coefficient (Wildman–Crippen LogP) is 3.21. The van der Waals surface area contributed by atoms with Crippen molar-refractivity contribution in [1.29, 1.82) is 0 Å². The van der Waals surface area contributed by atoms with Crippen molar-refractivity contribution in [2.75, 3.05) is 0 Å². The molecule has 0 radical (unpaired) electrons. The maximum absolute atomic E-state index is 12.2. The van der Waals surface area contributed by atoms with Gasteiger partial charge in [-0.2, -0.15) is 5.10 Å². The molecule has 0 spiro atoms. The summed E-state index contributed by atoms with van der Waals surface area (Å²) in [4.78, 5) is 23.7. The highest BCUT2D eigenvalue weighted by Gasteiger charge is 2.15. The van der Waals surface area contributed by atoms with Crippen LogP contribution in [-0.2, 0) is 18.4 Å². The van der Waals surface area contributed by atoms with Crippen molar-refractivity contribution in [3.8, 4) is 11.1 Å². The Bertz CT molecular complexity index is 1120. The monoisotopic (exact) mass is 357 g/mol. The summed E-state index contributed by atoms with van der Waals surface area (Å²) in [5.41, 5.74) is 4.64. The first-order valence-corrected chi connectivity index (χ1v) is 8.79. The molecule has 0 fully saturated rings. The molecule has 0 unspecified atom stereocenters. The molecule has 3 aromatic rings. The van der Waals surface area contributed by atoms with E-state index in [4.69, 9.17) is 0 Å². The molecule has 2 heterocycles. The zero-order valence-corrected chi connectivity index (χ0v) is 15.0. The summed E-state index contributed by atoms with van der Waals surface area (Å²) in [6.45, 7) is 0.680. The van der Waals surface area contributed by atoms with Crippen LogP contribution in [-0.4, -0.2) is 20.1 Å². The van der Waals surface area contributed by atoms with Crippen LogP contribution in [0.25, 0.3) is 16.7 Å². The van der Waals surface area contributed by atoms with E-state index in [1.807, 2.05) is 47.5 Å². The van der Waals surface area contributed by atoms with Crippen molar-refractivity contribution in [3.63, 3.8) is 0 Å². The van der Waals surface area contributed by atoms with Crippen LogP contribution < -0.4 is 5.56 Å². The molecule has 0 atom stereocenters. The van der Waals surface area contributed by atoms with Gasteiger partial charge < -0.3 is 4.57 Å². The number of carbonyl (C=O) groups is 1. The molecule has 134 valence electrons. The molecule has 0 saturated carbocycles. The van der Waals surface area contributed by atoms with Gasteiger partial charge in [-0.1, -0.05) is 42.5 Å². The van der Waals surface area contributed by atoms with Gasteiger partial charge >= 0.3 is 0 Å². The van der Waals surface area contributed by atoms with E-state index in [2.05, 4.69) is 17.2 Å². The van der Waals surface area contributed by atoms with E-state index >= 15 is 0 Å². The summed E-state index contributed by atoms with van der Waals surface area (Å²) in [7, 11) is 1.73. The number of nitrogens with zero attached hydrogens (tertiary/aromatic N) is 3. The standard InChI is InChI=1S/C22H19N3O2/c1-24-15-21(20(11-22(24)27)17-7-9-19(26)10-8-17)18-12-23-25(14-18)13-16-5-3-2-4-6-16/h2-9,11-12,14-15H,10,13H2,1H3. The molecule has 2 aromatic heterocycles. The second-order valence-corrected chi connectivity index (χ2v) is 6.63. The minimum Gasteiger partial charge on any atom is -0.318 e. The summed E-state index contributed by atoms with van der Waals surface area (Å²) in [5.74, 6) is 0.0693. The number of aryl methyl sites for hydroxylation is 1. The summed E-state index contributed by atoms with van der Waals surface area (Å²) in [6, 6.07) is 11.8. The number of ketones is 1. The second-order valence-electron chi connectivity index (χ2n) is 6.63. The van der Waals surface area contributed by atoms with Crippen molar-refractivity contribution in [3.05, 3.63) is 94.7 Å². The lowest BCUT2D eigenvalue weighted by atomic mass is 9.94. The minimum absolute atomic E-state index is 0.0693. The average molecular weight is 357 g/mol. The van der Waals surface area contributed by atoms with Gasteiger partial charge in [0.1, 0.15) is 0 Å². The average Bonchev–Trinajstić information content (AvgIpc) is 3.13. The zero-order chi connectivity index (χ0) is 18.8. The predicted molar refractivity (Wildman–Crippen MR) is 105 cm³/mol. The molecule has 0 N–H and O–H groups in total. The second kappa shape index (κ2) is 7.03. The van der Waals surface area contributed by atoms with E-state index in [1.165, 1.54) is 5.56 Å². The van der Waals surface area contributed by atoms with Crippen molar-refractivity contribution in [2.24, 2.45) is 7.05 Å². The lowest BCUT2D eigenvalue weighted by Crippen LogP contribution is -2.16. The highest BCUT2D eigenvalue weighted by Crippen LogP contribution is 2.30. The van der Waals surface area contributed by atoms with E-state index in [0.29, 0.717) is 13.0 Å². The maximum Gasteiger partial charge on any atom is 0.250 e. The highest BCUT2D eigenvalue weighted by molar-refractivity contribution is 5.99. The normalized spacial score (nSPS) is 13.7. The molecule has 0 bridgehead atoms. The Hall–Kier alpha value is -3.47. The van der Waals surface area contributed by atoms with Gasteiger partial charge in [-0.05, 0) is 22.8 Å². The van der Waals surface area contributed by atoms with Gasteiger partial charge in [0, 0.05) is 43.1 Å². The molecule has 5 heteroatoms. The van der Waals surface area contributed by atoms with Gasteiger partial charge in [0.05, 0.1) is 12.7 Å². The first kappa shape index (κ1) is 17.0. The third-order valence-electron chi connectivity index (χ3n) is 4.64.